The van der Waals surface area contributed by atoms with Crippen molar-refractivity contribution in [3.63, 3.8) is 0 Å². The number of ketones is 1. The van der Waals surface area contributed by atoms with Crippen LogP contribution in [0.1, 0.15) is 29.4 Å². The number of benzene rings is 2. The summed E-state index contributed by atoms with van der Waals surface area (Å²) in [5, 5.41) is 2.10. The second kappa shape index (κ2) is 9.19. The first-order valence-corrected chi connectivity index (χ1v) is 12.1. The van der Waals surface area contributed by atoms with Gasteiger partial charge in [0.2, 0.25) is 5.91 Å². The Labute approximate surface area is 197 Å². The van der Waals surface area contributed by atoms with Gasteiger partial charge in [-0.25, -0.2) is 4.98 Å². The van der Waals surface area contributed by atoms with E-state index in [9.17, 15) is 9.59 Å². The van der Waals surface area contributed by atoms with E-state index in [0.29, 0.717) is 12.8 Å². The van der Waals surface area contributed by atoms with E-state index >= 15 is 0 Å². The molecule has 0 N–H and O–H groups in total. The molecule has 0 bridgehead atoms. The van der Waals surface area contributed by atoms with Crippen LogP contribution in [0.5, 0.6) is 0 Å². The molecule has 2 aromatic carbocycles. The molecule has 168 valence electrons. The number of anilines is 1. The van der Waals surface area contributed by atoms with Crippen LogP contribution in [-0.2, 0) is 11.2 Å². The highest BCUT2D eigenvalue weighted by atomic mass is 32.1. The third kappa shape index (κ3) is 4.54. The monoisotopic (exact) mass is 458 g/mol. The van der Waals surface area contributed by atoms with Crippen molar-refractivity contribution in [2.24, 2.45) is 0 Å². The first-order valence-electron chi connectivity index (χ1n) is 11.2. The Morgan fingerprint density at radius 2 is 1.70 bits per heavy atom. The molecule has 1 aliphatic heterocycles. The van der Waals surface area contributed by atoms with Gasteiger partial charge in [0.15, 0.2) is 10.7 Å². The molecular weight excluding hydrogens is 432 g/mol. The highest BCUT2D eigenvalue weighted by Crippen LogP contribution is 2.24. The van der Waals surface area contributed by atoms with Crippen molar-refractivity contribution in [2.75, 3.05) is 31.1 Å². The molecule has 1 fully saturated rings. The molecule has 33 heavy (non-hydrogen) atoms. The van der Waals surface area contributed by atoms with Crippen molar-refractivity contribution >= 4 is 33.7 Å². The molecule has 1 saturated heterocycles. The molecule has 5 rings (SSSR count). The highest BCUT2D eigenvalue weighted by molar-refractivity contribution is 7.15. The summed E-state index contributed by atoms with van der Waals surface area (Å²) in [5.74, 6) is 0.274. The van der Waals surface area contributed by atoms with Crippen LogP contribution in [0.4, 0.5) is 5.69 Å². The third-order valence-electron chi connectivity index (χ3n) is 6.22. The average molecular weight is 459 g/mol. The van der Waals surface area contributed by atoms with Gasteiger partial charge in [0.05, 0.1) is 5.69 Å². The molecule has 4 aromatic rings. The fraction of sp³-hybridized carbons (Fsp3) is 0.269. The number of imidazole rings is 1. The van der Waals surface area contributed by atoms with Crippen LogP contribution in [0.15, 0.2) is 66.2 Å². The maximum atomic E-state index is 12.9. The number of amides is 1. The number of aryl methyl sites for hydroxylation is 1. The zero-order valence-corrected chi connectivity index (χ0v) is 19.4. The Kier molecular flexibility index (Phi) is 5.96. The zero-order valence-electron chi connectivity index (χ0n) is 18.6. The van der Waals surface area contributed by atoms with Crippen molar-refractivity contribution in [1.29, 1.82) is 0 Å². The van der Waals surface area contributed by atoms with Gasteiger partial charge in [-0.05, 0) is 37.6 Å². The van der Waals surface area contributed by atoms with Gasteiger partial charge in [-0.15, -0.1) is 11.3 Å². The van der Waals surface area contributed by atoms with Crippen LogP contribution < -0.4 is 4.90 Å². The molecule has 2 aromatic heterocycles. The minimum Gasteiger partial charge on any atom is -0.368 e. The van der Waals surface area contributed by atoms with E-state index in [2.05, 4.69) is 33.0 Å². The largest absolute Gasteiger partial charge is 0.368 e. The molecule has 0 aliphatic carbocycles. The van der Waals surface area contributed by atoms with Gasteiger partial charge in [-0.3, -0.25) is 14.0 Å². The predicted octanol–water partition coefficient (Wildman–Crippen LogP) is 4.55. The molecular formula is C26H26N4O2S. The van der Waals surface area contributed by atoms with E-state index in [1.165, 1.54) is 0 Å². The van der Waals surface area contributed by atoms with Gasteiger partial charge >= 0.3 is 0 Å². The number of aromatic nitrogens is 2. The van der Waals surface area contributed by atoms with Crippen LogP contribution in [-0.4, -0.2) is 52.2 Å². The zero-order chi connectivity index (χ0) is 22.8. The number of carbonyl (C=O) groups excluding carboxylic acids is 2. The molecule has 7 heteroatoms. The van der Waals surface area contributed by atoms with Crippen LogP contribution in [0.25, 0.3) is 16.2 Å². The summed E-state index contributed by atoms with van der Waals surface area (Å²) in [6.07, 6.45) is 3.27. The van der Waals surface area contributed by atoms with Gasteiger partial charge < -0.3 is 9.80 Å². The number of Topliss-reactive ketones (excluding diaryl/α,β-unsaturated/α-hetero) is 1. The normalized spacial score (nSPS) is 14.1. The van der Waals surface area contributed by atoms with Crippen LogP contribution in [0, 0.1) is 0 Å². The lowest BCUT2D eigenvalue weighted by Crippen LogP contribution is -2.48. The number of fused-ring (bicyclic) bond motifs is 1. The van der Waals surface area contributed by atoms with Crippen molar-refractivity contribution < 1.29 is 9.59 Å². The van der Waals surface area contributed by atoms with Gasteiger partial charge in [0, 0.05) is 66.7 Å². The van der Waals surface area contributed by atoms with E-state index in [1.54, 1.807) is 18.3 Å². The summed E-state index contributed by atoms with van der Waals surface area (Å²) in [6, 6.07) is 17.9. The third-order valence-corrected chi connectivity index (χ3v) is 7.11. The maximum absolute atomic E-state index is 12.9. The number of hydrogen-bond donors (Lipinski definition) is 0. The Bertz CT molecular complexity index is 1270. The van der Waals surface area contributed by atoms with Crippen molar-refractivity contribution in [3.8, 4) is 11.3 Å². The van der Waals surface area contributed by atoms with E-state index in [-0.39, 0.29) is 11.7 Å². The molecule has 1 amide bonds. The van der Waals surface area contributed by atoms with Gasteiger partial charge in [-0.1, -0.05) is 30.3 Å². The maximum Gasteiger partial charge on any atom is 0.223 e. The number of thiazole rings is 1. The average Bonchev–Trinajstić information content (AvgIpc) is 3.45. The van der Waals surface area contributed by atoms with E-state index in [0.717, 1.165) is 59.3 Å². The summed E-state index contributed by atoms with van der Waals surface area (Å²) in [4.78, 5) is 34.3. The molecule has 0 saturated carbocycles. The molecule has 0 unspecified atom stereocenters. The van der Waals surface area contributed by atoms with Crippen molar-refractivity contribution in [1.82, 2.24) is 14.3 Å². The minimum atomic E-state index is 0.0758. The fourth-order valence-electron chi connectivity index (χ4n) is 4.27. The number of rotatable bonds is 6. The topological polar surface area (TPSA) is 57.9 Å². The summed E-state index contributed by atoms with van der Waals surface area (Å²) < 4.78 is 2.11. The van der Waals surface area contributed by atoms with E-state index in [4.69, 9.17) is 4.98 Å². The van der Waals surface area contributed by atoms with E-state index < -0.39 is 0 Å². The van der Waals surface area contributed by atoms with Crippen molar-refractivity contribution in [3.05, 3.63) is 77.4 Å². The number of carbonyl (C=O) groups is 2. The lowest BCUT2D eigenvalue weighted by atomic mass is 10.1. The second-order valence-corrected chi connectivity index (χ2v) is 9.18. The summed E-state index contributed by atoms with van der Waals surface area (Å²) >= 11 is 1.62. The molecule has 3 heterocycles. The number of hydrogen-bond acceptors (Lipinski definition) is 5. The molecule has 6 nitrogen and oxygen atoms in total. The number of piperazine rings is 1. The summed E-state index contributed by atoms with van der Waals surface area (Å²) in [5.41, 5.74) is 5.01. The van der Waals surface area contributed by atoms with Gasteiger partial charge in [-0.2, -0.15) is 0 Å². The lowest BCUT2D eigenvalue weighted by Gasteiger charge is -2.36. The Hall–Kier alpha value is -3.45. The second-order valence-electron chi connectivity index (χ2n) is 8.34. The predicted molar refractivity (Wildman–Crippen MR) is 132 cm³/mol. The molecule has 0 atom stereocenters. The molecule has 1 aliphatic rings. The van der Waals surface area contributed by atoms with Crippen LogP contribution >= 0.6 is 11.3 Å². The SMILES string of the molecule is CC(=O)c1ccc(N2CCN(C(=O)CCc3csc4nc(-c5ccccc5)cn34)CC2)cc1. The standard InChI is InChI=1S/C26H26N4O2S/c1-19(31)20-7-9-22(10-8-20)28-13-15-29(16-14-28)25(32)12-11-23-18-33-26-27-24(17-30(23)26)21-5-3-2-4-6-21/h2-10,17-18H,11-16H2,1H3. The Morgan fingerprint density at radius 3 is 2.39 bits per heavy atom. The lowest BCUT2D eigenvalue weighted by molar-refractivity contribution is -0.131. The number of nitrogens with zero attached hydrogens (tertiary/aromatic N) is 4. The van der Waals surface area contributed by atoms with Gasteiger partial charge in [0.25, 0.3) is 0 Å². The smallest absolute Gasteiger partial charge is 0.223 e. The highest BCUT2D eigenvalue weighted by Gasteiger charge is 2.22. The van der Waals surface area contributed by atoms with Gasteiger partial charge in [0.1, 0.15) is 0 Å². The summed E-state index contributed by atoms with van der Waals surface area (Å²) in [7, 11) is 0. The molecule has 0 radical (unpaired) electrons. The van der Waals surface area contributed by atoms with Crippen molar-refractivity contribution in [2.45, 2.75) is 19.8 Å². The first kappa shape index (κ1) is 21.4. The quantitative estimate of drug-likeness (QED) is 0.398. The van der Waals surface area contributed by atoms with Crippen LogP contribution in [0.2, 0.25) is 0 Å². The Balaban J connectivity index is 1.17. The summed E-state index contributed by atoms with van der Waals surface area (Å²) in [6.45, 7) is 4.62. The molecule has 0 spiro atoms. The Morgan fingerprint density at radius 1 is 0.970 bits per heavy atom. The van der Waals surface area contributed by atoms with Crippen LogP contribution in [0.3, 0.4) is 0 Å². The minimum absolute atomic E-state index is 0.0758. The fourth-order valence-corrected chi connectivity index (χ4v) is 5.18. The first-order chi connectivity index (χ1) is 16.1. The van der Waals surface area contributed by atoms with E-state index in [1.807, 2.05) is 47.4 Å².